The van der Waals surface area contributed by atoms with Gasteiger partial charge in [-0.2, -0.15) is 0 Å². The maximum Gasteiger partial charge on any atom is 0.223 e. The van der Waals surface area contributed by atoms with E-state index in [-0.39, 0.29) is 0 Å². The number of amides is 1. The predicted octanol–water partition coefficient (Wildman–Crippen LogP) is 1.69. The maximum absolute atomic E-state index is 11.7. The molecule has 0 saturated carbocycles. The number of rotatable bonds is 4. The molecule has 0 bridgehead atoms. The lowest BCUT2D eigenvalue weighted by Gasteiger charge is -2.28. The van der Waals surface area contributed by atoms with Gasteiger partial charge >= 0.3 is 0 Å². The first-order valence-electron chi connectivity index (χ1n) is 5.78. The smallest absolute Gasteiger partial charge is 0.223 e. The Hall–Kier alpha value is -0.570. The third kappa shape index (κ3) is 3.29. The largest absolute Gasteiger partial charge is 0.330 e. The number of nitrogens with zero attached hydrogens (tertiary/aromatic N) is 2. The second kappa shape index (κ2) is 6.02. The van der Waals surface area contributed by atoms with Crippen LogP contribution in [0.3, 0.4) is 0 Å². The summed E-state index contributed by atoms with van der Waals surface area (Å²) >= 11 is 0. The number of hydrogen-bond donors (Lipinski definition) is 0. The summed E-state index contributed by atoms with van der Waals surface area (Å²) in [4.78, 5) is 16.0. The molecular weight excluding hydrogens is 176 g/mol. The normalized spacial score (nSPS) is 18.8. The molecule has 0 aromatic heterocycles. The first kappa shape index (κ1) is 11.5. The zero-order valence-electron chi connectivity index (χ0n) is 9.46. The predicted molar refractivity (Wildman–Crippen MR) is 58.0 cm³/mol. The Bertz CT molecular complexity index is 178. The second-order valence-electron chi connectivity index (χ2n) is 3.91. The molecule has 1 heterocycles. The number of carbonyl (C=O) groups is 1. The highest BCUT2D eigenvalue weighted by Gasteiger charge is 2.17. The molecule has 82 valence electrons. The van der Waals surface area contributed by atoms with Crippen LogP contribution in [0.4, 0.5) is 0 Å². The van der Waals surface area contributed by atoms with E-state index in [1.54, 1.807) is 0 Å². The lowest BCUT2D eigenvalue weighted by molar-refractivity contribution is -0.132. The molecular formula is C11H22N2O. The molecule has 0 aromatic carbocycles. The van der Waals surface area contributed by atoms with Gasteiger partial charge in [0.1, 0.15) is 0 Å². The fourth-order valence-corrected chi connectivity index (χ4v) is 1.85. The summed E-state index contributed by atoms with van der Waals surface area (Å²) in [5, 5.41) is 0. The average Bonchev–Trinajstić information content (AvgIpc) is 2.40. The summed E-state index contributed by atoms with van der Waals surface area (Å²) < 4.78 is 0. The van der Waals surface area contributed by atoms with Crippen molar-refractivity contribution >= 4 is 5.91 Å². The van der Waals surface area contributed by atoms with Crippen molar-refractivity contribution < 1.29 is 4.79 Å². The Morgan fingerprint density at radius 3 is 2.57 bits per heavy atom. The van der Waals surface area contributed by atoms with Crippen LogP contribution in [0.1, 0.15) is 39.5 Å². The van der Waals surface area contributed by atoms with E-state index in [0.29, 0.717) is 5.91 Å². The van der Waals surface area contributed by atoms with Gasteiger partial charge < -0.3 is 4.90 Å². The van der Waals surface area contributed by atoms with Crippen molar-refractivity contribution in [2.24, 2.45) is 0 Å². The highest BCUT2D eigenvalue weighted by molar-refractivity contribution is 5.76. The summed E-state index contributed by atoms with van der Waals surface area (Å²) in [7, 11) is 0. The molecule has 3 nitrogen and oxygen atoms in total. The standard InChI is InChI=1S/C11H22N2O/c1-3-12(4-2)10-13-9-7-5-6-8-11(13)14/h3-10H2,1-2H3. The zero-order chi connectivity index (χ0) is 10.4. The number of carbonyl (C=O) groups excluding carboxylic acids is 1. The van der Waals surface area contributed by atoms with E-state index in [9.17, 15) is 4.79 Å². The van der Waals surface area contributed by atoms with Gasteiger partial charge in [0.15, 0.2) is 0 Å². The Balaban J connectivity index is 2.43. The Morgan fingerprint density at radius 2 is 1.93 bits per heavy atom. The van der Waals surface area contributed by atoms with E-state index in [0.717, 1.165) is 39.1 Å². The summed E-state index contributed by atoms with van der Waals surface area (Å²) in [6.45, 7) is 8.12. The summed E-state index contributed by atoms with van der Waals surface area (Å²) in [6.07, 6.45) is 4.21. The van der Waals surface area contributed by atoms with Crippen LogP contribution in [-0.4, -0.2) is 42.0 Å². The molecule has 0 unspecified atom stereocenters. The summed E-state index contributed by atoms with van der Waals surface area (Å²) in [5.41, 5.74) is 0. The zero-order valence-corrected chi connectivity index (χ0v) is 9.46. The minimum atomic E-state index is 0.342. The molecule has 0 atom stereocenters. The lowest BCUT2D eigenvalue weighted by Crippen LogP contribution is -2.41. The molecule has 1 aliphatic heterocycles. The van der Waals surface area contributed by atoms with Gasteiger partial charge in [-0.25, -0.2) is 0 Å². The van der Waals surface area contributed by atoms with Gasteiger partial charge in [0.2, 0.25) is 5.91 Å². The van der Waals surface area contributed by atoms with Crippen molar-refractivity contribution in [2.45, 2.75) is 39.5 Å². The minimum absolute atomic E-state index is 0.342. The lowest BCUT2D eigenvalue weighted by atomic mass is 10.2. The molecule has 0 spiro atoms. The van der Waals surface area contributed by atoms with Gasteiger partial charge in [-0.05, 0) is 25.9 Å². The van der Waals surface area contributed by atoms with Crippen LogP contribution in [0.2, 0.25) is 0 Å². The van der Waals surface area contributed by atoms with Gasteiger partial charge in [0, 0.05) is 13.0 Å². The highest BCUT2D eigenvalue weighted by Crippen LogP contribution is 2.11. The van der Waals surface area contributed by atoms with E-state index in [4.69, 9.17) is 0 Å². The third-order valence-corrected chi connectivity index (χ3v) is 2.94. The topological polar surface area (TPSA) is 23.6 Å². The fourth-order valence-electron chi connectivity index (χ4n) is 1.85. The van der Waals surface area contributed by atoms with Gasteiger partial charge in [0.25, 0.3) is 0 Å². The molecule has 0 radical (unpaired) electrons. The van der Waals surface area contributed by atoms with Crippen LogP contribution >= 0.6 is 0 Å². The molecule has 1 aliphatic rings. The van der Waals surface area contributed by atoms with E-state index in [1.807, 2.05) is 4.90 Å². The van der Waals surface area contributed by atoms with E-state index < -0.39 is 0 Å². The SMILES string of the molecule is CCN(CC)CN1CCCCCC1=O. The first-order chi connectivity index (χ1) is 6.77. The summed E-state index contributed by atoms with van der Waals surface area (Å²) in [5.74, 6) is 0.342. The van der Waals surface area contributed by atoms with Gasteiger partial charge in [-0.3, -0.25) is 9.69 Å². The van der Waals surface area contributed by atoms with Crippen molar-refractivity contribution in [1.82, 2.24) is 9.80 Å². The fraction of sp³-hybridized carbons (Fsp3) is 0.909. The molecule has 3 heteroatoms. The van der Waals surface area contributed by atoms with Crippen molar-refractivity contribution in [1.29, 1.82) is 0 Å². The van der Waals surface area contributed by atoms with Crippen LogP contribution in [0, 0.1) is 0 Å². The van der Waals surface area contributed by atoms with Gasteiger partial charge in [0.05, 0.1) is 6.67 Å². The molecule has 1 amide bonds. The third-order valence-electron chi connectivity index (χ3n) is 2.94. The van der Waals surface area contributed by atoms with Crippen molar-refractivity contribution in [2.75, 3.05) is 26.3 Å². The molecule has 0 aromatic rings. The molecule has 0 aliphatic carbocycles. The molecule has 14 heavy (non-hydrogen) atoms. The van der Waals surface area contributed by atoms with Crippen LogP contribution in [-0.2, 0) is 4.79 Å². The number of likely N-dealkylation sites (tertiary alicyclic amines) is 1. The molecule has 1 saturated heterocycles. The van der Waals surface area contributed by atoms with Crippen molar-refractivity contribution in [3.63, 3.8) is 0 Å². The highest BCUT2D eigenvalue weighted by atomic mass is 16.2. The maximum atomic E-state index is 11.7. The Kier molecular flexibility index (Phi) is 4.94. The quantitative estimate of drug-likeness (QED) is 0.686. The summed E-state index contributed by atoms with van der Waals surface area (Å²) in [6, 6.07) is 0. The Morgan fingerprint density at radius 1 is 1.21 bits per heavy atom. The molecule has 1 fully saturated rings. The van der Waals surface area contributed by atoms with Gasteiger partial charge in [-0.15, -0.1) is 0 Å². The van der Waals surface area contributed by atoms with Crippen molar-refractivity contribution in [3.05, 3.63) is 0 Å². The van der Waals surface area contributed by atoms with Gasteiger partial charge in [-0.1, -0.05) is 20.3 Å². The van der Waals surface area contributed by atoms with E-state index >= 15 is 0 Å². The first-order valence-corrected chi connectivity index (χ1v) is 5.78. The average molecular weight is 198 g/mol. The van der Waals surface area contributed by atoms with Crippen LogP contribution in [0.15, 0.2) is 0 Å². The van der Waals surface area contributed by atoms with Crippen LogP contribution in [0.5, 0.6) is 0 Å². The molecule has 1 rings (SSSR count). The van der Waals surface area contributed by atoms with E-state index in [1.165, 1.54) is 12.8 Å². The van der Waals surface area contributed by atoms with Crippen molar-refractivity contribution in [3.8, 4) is 0 Å². The molecule has 0 N–H and O–H groups in total. The number of hydrogen-bond acceptors (Lipinski definition) is 2. The minimum Gasteiger partial charge on any atom is -0.330 e. The monoisotopic (exact) mass is 198 g/mol. The van der Waals surface area contributed by atoms with Crippen LogP contribution in [0.25, 0.3) is 0 Å². The second-order valence-corrected chi connectivity index (χ2v) is 3.91. The van der Waals surface area contributed by atoms with Crippen LogP contribution < -0.4 is 0 Å². The van der Waals surface area contributed by atoms with E-state index in [2.05, 4.69) is 18.7 Å². The Labute approximate surface area is 87.1 Å².